The molecule has 12 aromatic carbocycles. The quantitative estimate of drug-likeness (QED) is 0.160. The molecule has 0 spiro atoms. The number of aromatic nitrogens is 5. The Morgan fingerprint density at radius 1 is 0.282 bits per heavy atom. The molecule has 0 aliphatic heterocycles. The maximum Gasteiger partial charge on any atom is 0.235 e. The maximum atomic E-state index is 6.66. The molecule has 0 amide bonds. The Kier molecular flexibility index (Phi) is 10.0. The van der Waals surface area contributed by atoms with E-state index in [-0.39, 0.29) is 5.41 Å². The predicted octanol–water partition coefficient (Wildman–Crippen LogP) is 20.6. The molecule has 0 saturated heterocycles. The van der Waals surface area contributed by atoms with E-state index in [4.69, 9.17) is 14.4 Å². The van der Waals surface area contributed by atoms with Crippen molar-refractivity contribution < 1.29 is 4.42 Å². The zero-order valence-corrected chi connectivity index (χ0v) is 46.6. The van der Waals surface area contributed by atoms with Crippen LogP contribution >= 0.6 is 0 Å². The van der Waals surface area contributed by atoms with Crippen LogP contribution in [0.15, 0.2) is 277 Å². The summed E-state index contributed by atoms with van der Waals surface area (Å²) >= 11 is 0. The van der Waals surface area contributed by atoms with E-state index in [0.717, 1.165) is 116 Å². The van der Waals surface area contributed by atoms with Gasteiger partial charge in [-0.2, -0.15) is 0 Å². The first-order chi connectivity index (χ1) is 41.9. The minimum absolute atomic E-state index is 0.120. The molecule has 85 heavy (non-hydrogen) atoms. The van der Waals surface area contributed by atoms with E-state index in [9.17, 15) is 0 Å². The molecule has 0 unspecified atom stereocenters. The summed E-state index contributed by atoms with van der Waals surface area (Å²) in [5, 5.41) is 9.21. The lowest BCUT2D eigenvalue weighted by Gasteiger charge is -2.21. The standard InChI is InChI=1S/C79H51N5O/c1-79(2)66-29-17-15-27-56(66)58-44-73-61(43-67(58)79)59-39-50(31-35-71(59)83(73)55-25-13-6-14-26-55)52-33-37-76-64(41-52)65-42-53(34-38-77(65)85-76)51-32-36-72-60(40-51)63-46-74-62(57-28-16-18-30-70(57)82(74)54-23-11-5-12-24-54)45-75(63)84(72)78-80-68(48-19-7-3-8-20-48)47-69(81-78)49-21-9-4-10-22-49/h3-47H,1-2H3. The minimum atomic E-state index is -0.120. The Balaban J connectivity index is 0.816. The Morgan fingerprint density at radius 3 is 1.29 bits per heavy atom. The van der Waals surface area contributed by atoms with Crippen LogP contribution < -0.4 is 0 Å². The van der Waals surface area contributed by atoms with Crippen molar-refractivity contribution >= 4 is 87.4 Å². The number of rotatable bonds is 7. The van der Waals surface area contributed by atoms with Gasteiger partial charge in [-0.05, 0) is 154 Å². The van der Waals surface area contributed by atoms with Crippen LogP contribution in [0.25, 0.3) is 161 Å². The van der Waals surface area contributed by atoms with E-state index in [0.29, 0.717) is 5.95 Å². The number of nitrogens with zero attached hydrogens (tertiary/aromatic N) is 5. The van der Waals surface area contributed by atoms with E-state index < -0.39 is 0 Å². The molecular weight excluding hydrogens is 1030 g/mol. The third-order valence-electron chi connectivity index (χ3n) is 18.2. The third kappa shape index (κ3) is 7.12. The first kappa shape index (κ1) is 47.5. The fourth-order valence-corrected chi connectivity index (χ4v) is 14.2. The topological polar surface area (TPSA) is 53.7 Å². The molecular formula is C79H51N5O. The predicted molar refractivity (Wildman–Crippen MR) is 352 cm³/mol. The van der Waals surface area contributed by atoms with E-state index in [1.807, 2.05) is 12.1 Å². The van der Waals surface area contributed by atoms with Crippen molar-refractivity contribution in [3.05, 3.63) is 284 Å². The number of hydrogen-bond donors (Lipinski definition) is 0. The lowest BCUT2D eigenvalue weighted by molar-refractivity contribution is 0.661. The van der Waals surface area contributed by atoms with Crippen molar-refractivity contribution in [3.63, 3.8) is 0 Å². The smallest absolute Gasteiger partial charge is 0.235 e. The summed E-state index contributed by atoms with van der Waals surface area (Å²) in [5.74, 6) is 0.612. The number of hydrogen-bond acceptors (Lipinski definition) is 3. The fourth-order valence-electron chi connectivity index (χ4n) is 14.2. The van der Waals surface area contributed by atoms with Crippen molar-refractivity contribution in [3.8, 4) is 73.2 Å². The second-order valence-corrected chi connectivity index (χ2v) is 23.3. The Bertz CT molecular complexity index is 5550. The van der Waals surface area contributed by atoms with Gasteiger partial charge in [0.15, 0.2) is 0 Å². The van der Waals surface area contributed by atoms with Crippen molar-refractivity contribution in [2.75, 3.05) is 0 Å². The molecule has 0 bridgehead atoms. The van der Waals surface area contributed by atoms with Crippen molar-refractivity contribution in [1.29, 1.82) is 0 Å². The Labute approximate surface area is 489 Å². The second kappa shape index (κ2) is 18.0. The highest BCUT2D eigenvalue weighted by atomic mass is 16.3. The summed E-state index contributed by atoms with van der Waals surface area (Å²) in [7, 11) is 0. The lowest BCUT2D eigenvalue weighted by Crippen LogP contribution is -2.14. The summed E-state index contributed by atoms with van der Waals surface area (Å²) in [5.41, 5.74) is 24.3. The highest BCUT2D eigenvalue weighted by Crippen LogP contribution is 2.52. The molecule has 0 radical (unpaired) electrons. The first-order valence-electron chi connectivity index (χ1n) is 29.2. The molecule has 398 valence electrons. The highest BCUT2D eigenvalue weighted by Gasteiger charge is 2.36. The molecule has 0 N–H and O–H groups in total. The molecule has 5 heterocycles. The number of para-hydroxylation sites is 3. The van der Waals surface area contributed by atoms with Crippen LogP contribution in [0.1, 0.15) is 25.0 Å². The zero-order valence-electron chi connectivity index (χ0n) is 46.6. The molecule has 1 aliphatic rings. The SMILES string of the molecule is CC1(C)c2ccccc2-c2cc3c(cc21)c1cc(-c2ccc4oc5ccc(-c6ccc7c(c6)c6cc8c(cc6n7-c6nc(-c7ccccc7)cc(-c7ccccc7)n6)c6ccccc6n8-c6ccccc6)cc5c4c2)ccc1n3-c1ccccc1. The number of furan rings is 1. The van der Waals surface area contributed by atoms with E-state index in [1.165, 1.54) is 49.4 Å². The molecule has 1 aliphatic carbocycles. The second-order valence-electron chi connectivity index (χ2n) is 23.3. The molecule has 0 fully saturated rings. The average molecular weight is 1090 g/mol. The van der Waals surface area contributed by atoms with Crippen LogP contribution in [0.3, 0.4) is 0 Å². The minimum Gasteiger partial charge on any atom is -0.456 e. The van der Waals surface area contributed by atoms with E-state index in [1.54, 1.807) is 0 Å². The number of benzene rings is 12. The Hall–Kier alpha value is -11.1. The molecule has 17 aromatic rings. The van der Waals surface area contributed by atoms with Crippen LogP contribution in [0.4, 0.5) is 0 Å². The molecule has 18 rings (SSSR count). The molecule has 0 atom stereocenters. The van der Waals surface area contributed by atoms with Gasteiger partial charge in [0.1, 0.15) is 11.2 Å². The fraction of sp³-hybridized carbons (Fsp3) is 0.0380. The van der Waals surface area contributed by atoms with Gasteiger partial charge in [-0.1, -0.05) is 178 Å². The maximum absolute atomic E-state index is 6.66. The van der Waals surface area contributed by atoms with Crippen LogP contribution in [-0.4, -0.2) is 23.7 Å². The first-order valence-corrected chi connectivity index (χ1v) is 29.2. The van der Waals surface area contributed by atoms with Crippen LogP contribution in [0, 0.1) is 0 Å². The van der Waals surface area contributed by atoms with Gasteiger partial charge in [-0.3, -0.25) is 4.57 Å². The van der Waals surface area contributed by atoms with Gasteiger partial charge in [0, 0.05) is 71.0 Å². The third-order valence-corrected chi connectivity index (χ3v) is 18.2. The van der Waals surface area contributed by atoms with Gasteiger partial charge in [-0.25, -0.2) is 9.97 Å². The Morgan fingerprint density at radius 2 is 0.706 bits per heavy atom. The zero-order chi connectivity index (χ0) is 56.1. The van der Waals surface area contributed by atoms with Gasteiger partial charge in [-0.15, -0.1) is 0 Å². The van der Waals surface area contributed by atoms with Crippen molar-refractivity contribution in [2.45, 2.75) is 19.3 Å². The largest absolute Gasteiger partial charge is 0.456 e. The van der Waals surface area contributed by atoms with Gasteiger partial charge >= 0.3 is 0 Å². The van der Waals surface area contributed by atoms with Crippen molar-refractivity contribution in [2.24, 2.45) is 0 Å². The summed E-state index contributed by atoms with van der Waals surface area (Å²) in [4.78, 5) is 10.9. The lowest BCUT2D eigenvalue weighted by atomic mass is 9.82. The van der Waals surface area contributed by atoms with Gasteiger partial charge in [0.05, 0.1) is 44.5 Å². The highest BCUT2D eigenvalue weighted by molar-refractivity contribution is 6.20. The van der Waals surface area contributed by atoms with Crippen molar-refractivity contribution in [1.82, 2.24) is 23.7 Å². The molecule has 6 heteroatoms. The molecule has 6 nitrogen and oxygen atoms in total. The summed E-state index contributed by atoms with van der Waals surface area (Å²) in [6, 6.07) is 99.0. The monoisotopic (exact) mass is 1090 g/mol. The normalized spacial score (nSPS) is 12.9. The molecule has 0 saturated carbocycles. The van der Waals surface area contributed by atoms with Crippen LogP contribution in [-0.2, 0) is 5.41 Å². The van der Waals surface area contributed by atoms with Gasteiger partial charge < -0.3 is 13.6 Å². The van der Waals surface area contributed by atoms with Crippen LogP contribution in [0.2, 0.25) is 0 Å². The summed E-state index contributed by atoms with van der Waals surface area (Å²) in [6.45, 7) is 4.73. The average Bonchev–Trinajstić information content (AvgIpc) is 2.48. The van der Waals surface area contributed by atoms with Crippen LogP contribution in [0.5, 0.6) is 0 Å². The summed E-state index contributed by atoms with van der Waals surface area (Å²) in [6.07, 6.45) is 0. The van der Waals surface area contributed by atoms with Gasteiger partial charge in [0.25, 0.3) is 0 Å². The van der Waals surface area contributed by atoms with Gasteiger partial charge in [0.2, 0.25) is 5.95 Å². The van der Waals surface area contributed by atoms with E-state index in [2.05, 4.69) is 288 Å². The summed E-state index contributed by atoms with van der Waals surface area (Å²) < 4.78 is 13.8. The van der Waals surface area contributed by atoms with E-state index >= 15 is 0 Å². The number of fused-ring (bicyclic) bond motifs is 15. The molecule has 5 aromatic heterocycles.